The molecule has 0 atom stereocenters. The smallest absolute Gasteiger partial charge is 0.337 e. The first-order valence-electron chi connectivity index (χ1n) is 7.26. The van der Waals surface area contributed by atoms with E-state index in [9.17, 15) is 9.59 Å². The van der Waals surface area contributed by atoms with Crippen LogP contribution in [0.5, 0.6) is 0 Å². The van der Waals surface area contributed by atoms with Gasteiger partial charge in [0.15, 0.2) is 0 Å². The van der Waals surface area contributed by atoms with E-state index in [4.69, 9.17) is 0 Å². The Labute approximate surface area is 149 Å². The van der Waals surface area contributed by atoms with Crippen molar-refractivity contribution in [2.75, 3.05) is 25.7 Å². The van der Waals surface area contributed by atoms with Crippen LogP contribution in [0.3, 0.4) is 0 Å². The summed E-state index contributed by atoms with van der Waals surface area (Å²) in [4.78, 5) is 25.0. The molecular weight excluding hydrogens is 344 g/mol. The molecule has 4 nitrogen and oxygen atoms in total. The van der Waals surface area contributed by atoms with Gasteiger partial charge in [0.05, 0.1) is 25.3 Å². The van der Waals surface area contributed by atoms with E-state index < -0.39 is 0 Å². The molecular formula is C18H18O4S2. The van der Waals surface area contributed by atoms with Gasteiger partial charge in [-0.3, -0.25) is 0 Å². The van der Waals surface area contributed by atoms with Crippen molar-refractivity contribution >= 4 is 35.5 Å². The number of benzene rings is 2. The van der Waals surface area contributed by atoms with E-state index in [1.165, 1.54) is 14.2 Å². The van der Waals surface area contributed by atoms with Gasteiger partial charge in [-0.05, 0) is 48.5 Å². The lowest BCUT2D eigenvalue weighted by Gasteiger charge is -2.05. The van der Waals surface area contributed by atoms with Crippen LogP contribution < -0.4 is 0 Å². The summed E-state index contributed by atoms with van der Waals surface area (Å²) in [5.74, 6) is 1.25. The summed E-state index contributed by atoms with van der Waals surface area (Å²) in [6, 6.07) is 14.8. The van der Waals surface area contributed by atoms with E-state index in [0.717, 1.165) is 21.3 Å². The monoisotopic (exact) mass is 362 g/mol. The topological polar surface area (TPSA) is 52.6 Å². The number of hydrogen-bond acceptors (Lipinski definition) is 6. The summed E-state index contributed by atoms with van der Waals surface area (Å²) in [5.41, 5.74) is 1.11. The summed E-state index contributed by atoms with van der Waals surface area (Å²) in [5, 5.41) is 0. The molecule has 0 aliphatic rings. The third-order valence-electron chi connectivity index (χ3n) is 3.17. The van der Waals surface area contributed by atoms with E-state index in [1.807, 2.05) is 24.3 Å². The number of esters is 2. The predicted molar refractivity (Wildman–Crippen MR) is 97.0 cm³/mol. The van der Waals surface area contributed by atoms with Crippen molar-refractivity contribution < 1.29 is 19.1 Å². The summed E-state index contributed by atoms with van der Waals surface area (Å²) in [6.45, 7) is 0. The van der Waals surface area contributed by atoms with Crippen LogP contribution in [0.15, 0.2) is 58.3 Å². The summed E-state index contributed by atoms with van der Waals surface area (Å²) < 4.78 is 9.35. The first kappa shape index (κ1) is 18.4. The molecule has 0 bridgehead atoms. The maximum atomic E-state index is 11.4. The Kier molecular flexibility index (Phi) is 7.21. The molecule has 126 valence electrons. The molecule has 0 radical (unpaired) electrons. The predicted octanol–water partition coefficient (Wildman–Crippen LogP) is 4.14. The second-order valence-electron chi connectivity index (χ2n) is 4.73. The van der Waals surface area contributed by atoms with Crippen molar-refractivity contribution in [2.24, 2.45) is 0 Å². The van der Waals surface area contributed by atoms with Crippen molar-refractivity contribution in [1.29, 1.82) is 0 Å². The average Bonchev–Trinajstić information content (AvgIpc) is 2.65. The van der Waals surface area contributed by atoms with Crippen molar-refractivity contribution in [3.8, 4) is 0 Å². The second-order valence-corrected chi connectivity index (χ2v) is 7.07. The minimum absolute atomic E-state index is 0.322. The Morgan fingerprint density at radius 1 is 0.708 bits per heavy atom. The van der Waals surface area contributed by atoms with Gasteiger partial charge >= 0.3 is 11.9 Å². The Bertz CT molecular complexity index is 620. The molecule has 0 unspecified atom stereocenters. The standard InChI is InChI=1S/C18H18O4S2/c1-21-17(19)13-3-7-15(8-4-13)23-11-12-24-16-9-5-14(6-10-16)18(20)22-2/h3-10H,11-12H2,1-2H3. The van der Waals surface area contributed by atoms with Crippen LogP contribution in [0.2, 0.25) is 0 Å². The van der Waals surface area contributed by atoms with Gasteiger partial charge in [0, 0.05) is 21.3 Å². The van der Waals surface area contributed by atoms with E-state index in [0.29, 0.717) is 11.1 Å². The molecule has 0 aliphatic carbocycles. The van der Waals surface area contributed by atoms with Crippen molar-refractivity contribution in [1.82, 2.24) is 0 Å². The molecule has 0 aliphatic heterocycles. The van der Waals surface area contributed by atoms with Gasteiger partial charge in [-0.1, -0.05) is 0 Å². The van der Waals surface area contributed by atoms with Crippen LogP contribution in [0.25, 0.3) is 0 Å². The van der Waals surface area contributed by atoms with Crippen LogP contribution in [-0.4, -0.2) is 37.7 Å². The van der Waals surface area contributed by atoms with E-state index in [2.05, 4.69) is 9.47 Å². The Morgan fingerprint density at radius 3 is 1.33 bits per heavy atom. The minimum Gasteiger partial charge on any atom is -0.465 e. The zero-order chi connectivity index (χ0) is 17.4. The third-order valence-corrected chi connectivity index (χ3v) is 5.46. The summed E-state index contributed by atoms with van der Waals surface area (Å²) >= 11 is 3.46. The molecule has 24 heavy (non-hydrogen) atoms. The molecule has 0 saturated heterocycles. The zero-order valence-electron chi connectivity index (χ0n) is 13.5. The van der Waals surface area contributed by atoms with Crippen molar-refractivity contribution in [2.45, 2.75) is 9.79 Å². The van der Waals surface area contributed by atoms with Crippen LogP contribution >= 0.6 is 23.5 Å². The normalized spacial score (nSPS) is 10.2. The fraction of sp³-hybridized carbons (Fsp3) is 0.222. The van der Waals surface area contributed by atoms with Gasteiger partial charge in [-0.25, -0.2) is 9.59 Å². The van der Waals surface area contributed by atoms with Gasteiger partial charge in [0.2, 0.25) is 0 Å². The molecule has 6 heteroatoms. The highest BCUT2D eigenvalue weighted by molar-refractivity contribution is 8.03. The first-order chi connectivity index (χ1) is 11.6. The first-order valence-corrected chi connectivity index (χ1v) is 9.23. The van der Waals surface area contributed by atoms with Crippen LogP contribution in [-0.2, 0) is 9.47 Å². The Hall–Kier alpha value is -1.92. The van der Waals surface area contributed by atoms with Crippen LogP contribution in [0.4, 0.5) is 0 Å². The molecule has 0 saturated carbocycles. The molecule has 0 aromatic heterocycles. The van der Waals surface area contributed by atoms with Gasteiger partial charge in [0.25, 0.3) is 0 Å². The Morgan fingerprint density at radius 2 is 1.04 bits per heavy atom. The van der Waals surface area contributed by atoms with Crippen LogP contribution in [0.1, 0.15) is 20.7 Å². The number of rotatable bonds is 7. The highest BCUT2D eigenvalue weighted by Crippen LogP contribution is 2.24. The number of ether oxygens (including phenoxy) is 2. The number of hydrogen-bond donors (Lipinski definition) is 0. The SMILES string of the molecule is COC(=O)c1ccc(SCCSc2ccc(C(=O)OC)cc2)cc1. The number of thioether (sulfide) groups is 2. The van der Waals surface area contributed by atoms with Crippen molar-refractivity contribution in [3.63, 3.8) is 0 Å². The fourth-order valence-electron chi connectivity index (χ4n) is 1.93. The lowest BCUT2D eigenvalue weighted by molar-refractivity contribution is 0.0592. The second kappa shape index (κ2) is 9.39. The lowest BCUT2D eigenvalue weighted by atomic mass is 10.2. The molecule has 2 aromatic rings. The van der Waals surface area contributed by atoms with E-state index in [-0.39, 0.29) is 11.9 Å². The molecule has 0 heterocycles. The number of carbonyl (C=O) groups excluding carboxylic acids is 2. The molecule has 0 spiro atoms. The zero-order valence-corrected chi connectivity index (χ0v) is 15.1. The third kappa shape index (κ3) is 5.32. The van der Waals surface area contributed by atoms with Crippen LogP contribution in [0, 0.1) is 0 Å². The number of methoxy groups -OCH3 is 2. The summed E-state index contributed by atoms with van der Waals surface area (Å²) in [7, 11) is 2.75. The van der Waals surface area contributed by atoms with Crippen molar-refractivity contribution in [3.05, 3.63) is 59.7 Å². The minimum atomic E-state index is -0.322. The molecule has 0 N–H and O–H groups in total. The van der Waals surface area contributed by atoms with Gasteiger partial charge in [0.1, 0.15) is 0 Å². The molecule has 0 fully saturated rings. The Balaban J connectivity index is 1.76. The lowest BCUT2D eigenvalue weighted by Crippen LogP contribution is -2.00. The van der Waals surface area contributed by atoms with E-state index in [1.54, 1.807) is 47.8 Å². The maximum absolute atomic E-state index is 11.4. The fourth-order valence-corrected chi connectivity index (χ4v) is 3.72. The molecule has 2 rings (SSSR count). The van der Waals surface area contributed by atoms with E-state index >= 15 is 0 Å². The summed E-state index contributed by atoms with van der Waals surface area (Å²) in [6.07, 6.45) is 0. The van der Waals surface area contributed by atoms with Gasteiger partial charge in [-0.2, -0.15) is 0 Å². The highest BCUT2D eigenvalue weighted by Gasteiger charge is 2.06. The van der Waals surface area contributed by atoms with Gasteiger partial charge in [-0.15, -0.1) is 23.5 Å². The quantitative estimate of drug-likeness (QED) is 0.419. The highest BCUT2D eigenvalue weighted by atomic mass is 32.2. The van der Waals surface area contributed by atoms with Gasteiger partial charge < -0.3 is 9.47 Å². The average molecular weight is 362 g/mol. The maximum Gasteiger partial charge on any atom is 0.337 e. The molecule has 2 aromatic carbocycles. The largest absolute Gasteiger partial charge is 0.465 e. The molecule has 0 amide bonds. The number of carbonyl (C=O) groups is 2.